The fraction of sp³-hybridized carbons (Fsp3) is 0. The van der Waals surface area contributed by atoms with Crippen LogP contribution >= 0.6 is 45.3 Å². The first kappa shape index (κ1) is 15.8. The summed E-state index contributed by atoms with van der Waals surface area (Å²) in [7, 11) is 0. The average molecular weight is 383 g/mol. The second kappa shape index (κ2) is 7.45. The summed E-state index contributed by atoms with van der Waals surface area (Å²) in [6, 6.07) is 17.2. The van der Waals surface area contributed by atoms with Crippen LogP contribution in [0.15, 0.2) is 70.1 Å². The Bertz CT molecular complexity index is 839. The van der Waals surface area contributed by atoms with Crippen LogP contribution in [0.5, 0.6) is 0 Å². The van der Waals surface area contributed by atoms with Crippen molar-refractivity contribution >= 4 is 68.6 Å². The summed E-state index contributed by atoms with van der Waals surface area (Å²) in [5.74, 6) is 0. The van der Waals surface area contributed by atoms with E-state index in [1.807, 2.05) is 0 Å². The maximum absolute atomic E-state index is 2.32. The number of thiophene rings is 4. The van der Waals surface area contributed by atoms with Crippen molar-refractivity contribution in [2.75, 3.05) is 0 Å². The van der Waals surface area contributed by atoms with Crippen LogP contribution in [0.2, 0.25) is 0 Å². The van der Waals surface area contributed by atoms with E-state index in [-0.39, 0.29) is 0 Å². The first-order valence-electron chi connectivity index (χ1n) is 7.49. The number of hydrogen-bond donors (Lipinski definition) is 0. The maximum atomic E-state index is 2.32. The van der Waals surface area contributed by atoms with Crippen molar-refractivity contribution < 1.29 is 0 Å². The molecule has 0 aromatic carbocycles. The summed E-state index contributed by atoms with van der Waals surface area (Å²) < 4.78 is 0. The minimum Gasteiger partial charge on any atom is -0.144 e. The molecule has 4 heteroatoms. The van der Waals surface area contributed by atoms with Gasteiger partial charge in [0.1, 0.15) is 0 Å². The van der Waals surface area contributed by atoms with E-state index in [2.05, 4.69) is 82.2 Å². The van der Waals surface area contributed by atoms with E-state index < -0.39 is 0 Å². The quantitative estimate of drug-likeness (QED) is 0.310. The van der Waals surface area contributed by atoms with Gasteiger partial charge in [-0.1, -0.05) is 24.3 Å². The van der Waals surface area contributed by atoms with E-state index in [0.29, 0.717) is 0 Å². The van der Waals surface area contributed by atoms with Crippen LogP contribution in [0.3, 0.4) is 0 Å². The molecule has 0 amide bonds. The van der Waals surface area contributed by atoms with Gasteiger partial charge in [0.25, 0.3) is 0 Å². The maximum Gasteiger partial charge on any atom is 0.0349 e. The molecular weight excluding hydrogens is 368 g/mol. The Morgan fingerprint density at radius 1 is 0.542 bits per heavy atom. The molecule has 4 aromatic heterocycles. The Morgan fingerprint density at radius 2 is 0.958 bits per heavy atom. The van der Waals surface area contributed by atoms with Gasteiger partial charge < -0.3 is 0 Å². The molecule has 4 rings (SSSR count). The minimum absolute atomic E-state index is 1.28. The molecule has 0 bridgehead atoms. The normalized spacial score (nSPS) is 12.7. The Balaban J connectivity index is 1.90. The molecule has 0 aliphatic carbocycles. The molecule has 0 spiro atoms. The van der Waals surface area contributed by atoms with Gasteiger partial charge in [0.2, 0.25) is 0 Å². The highest BCUT2D eigenvalue weighted by Crippen LogP contribution is 2.39. The number of rotatable bonds is 5. The molecule has 0 aliphatic rings. The lowest BCUT2D eigenvalue weighted by molar-refractivity contribution is 1.82. The van der Waals surface area contributed by atoms with Crippen LogP contribution < -0.4 is 0 Å². The topological polar surface area (TPSA) is 0 Å². The molecular formula is C20H14S4. The fourth-order valence-corrected chi connectivity index (χ4v) is 5.29. The van der Waals surface area contributed by atoms with E-state index in [9.17, 15) is 0 Å². The largest absolute Gasteiger partial charge is 0.144 e. The van der Waals surface area contributed by atoms with E-state index in [0.717, 1.165) is 0 Å². The monoisotopic (exact) mass is 382 g/mol. The molecule has 0 atom stereocenters. The number of hydrogen-bond acceptors (Lipinski definition) is 4. The summed E-state index contributed by atoms with van der Waals surface area (Å²) in [5, 5.41) is 8.56. The van der Waals surface area contributed by atoms with Crippen molar-refractivity contribution in [2.45, 2.75) is 0 Å². The third-order valence-corrected chi connectivity index (χ3v) is 6.97. The molecule has 0 fully saturated rings. The molecule has 0 unspecified atom stereocenters. The van der Waals surface area contributed by atoms with Crippen molar-refractivity contribution in [2.24, 2.45) is 0 Å². The van der Waals surface area contributed by atoms with Crippen molar-refractivity contribution in [1.82, 2.24) is 0 Å². The van der Waals surface area contributed by atoms with E-state index in [1.54, 1.807) is 45.3 Å². The van der Waals surface area contributed by atoms with Crippen molar-refractivity contribution in [1.29, 1.82) is 0 Å². The smallest absolute Gasteiger partial charge is 0.0349 e. The van der Waals surface area contributed by atoms with Gasteiger partial charge in [0.05, 0.1) is 0 Å². The molecule has 0 N–H and O–H groups in total. The second-order valence-corrected chi connectivity index (χ2v) is 8.96. The Hall–Kier alpha value is -1.72. The lowest BCUT2D eigenvalue weighted by Gasteiger charge is -2.10. The van der Waals surface area contributed by atoms with E-state index >= 15 is 0 Å². The molecule has 0 radical (unpaired) electrons. The van der Waals surface area contributed by atoms with Crippen molar-refractivity contribution in [3.63, 3.8) is 0 Å². The van der Waals surface area contributed by atoms with Crippen LogP contribution in [-0.4, -0.2) is 0 Å². The Kier molecular flexibility index (Phi) is 4.90. The van der Waals surface area contributed by atoms with Gasteiger partial charge >= 0.3 is 0 Å². The summed E-state index contributed by atoms with van der Waals surface area (Å²) in [4.78, 5) is 5.18. The van der Waals surface area contributed by atoms with E-state index in [4.69, 9.17) is 0 Å². The Morgan fingerprint density at radius 3 is 1.29 bits per heavy atom. The third kappa shape index (κ3) is 3.52. The fourth-order valence-electron chi connectivity index (χ4n) is 2.46. The van der Waals surface area contributed by atoms with Crippen LogP contribution in [0, 0.1) is 0 Å². The SMILES string of the molecule is C(=C(C(=Cc1cccs1)c1cccs1)c1cccs1)c1cccs1. The summed E-state index contributed by atoms with van der Waals surface area (Å²) in [6.45, 7) is 0. The molecule has 24 heavy (non-hydrogen) atoms. The van der Waals surface area contributed by atoms with Gasteiger partial charge in [-0.2, -0.15) is 0 Å². The first-order valence-corrected chi connectivity index (χ1v) is 11.0. The summed E-state index contributed by atoms with van der Waals surface area (Å²) >= 11 is 7.15. The number of allylic oxidation sites excluding steroid dienone is 2. The zero-order valence-electron chi connectivity index (χ0n) is 12.7. The molecule has 0 aliphatic heterocycles. The zero-order valence-corrected chi connectivity index (χ0v) is 16.0. The predicted molar refractivity (Wildman–Crippen MR) is 113 cm³/mol. The van der Waals surface area contributed by atoms with Gasteiger partial charge in [0, 0.05) is 30.7 Å². The summed E-state index contributed by atoms with van der Waals surface area (Å²) in [6.07, 6.45) is 4.63. The van der Waals surface area contributed by atoms with Gasteiger partial charge in [-0.15, -0.1) is 45.3 Å². The van der Waals surface area contributed by atoms with Crippen molar-refractivity contribution in [3.05, 3.63) is 89.6 Å². The van der Waals surface area contributed by atoms with Gasteiger partial charge in [-0.25, -0.2) is 0 Å². The molecule has 118 valence electrons. The van der Waals surface area contributed by atoms with Crippen LogP contribution in [-0.2, 0) is 0 Å². The van der Waals surface area contributed by atoms with Gasteiger partial charge in [-0.05, 0) is 57.9 Å². The zero-order chi connectivity index (χ0) is 16.2. The minimum atomic E-state index is 1.28. The molecule has 4 aromatic rings. The summed E-state index contributed by atoms with van der Waals surface area (Å²) in [5.41, 5.74) is 2.59. The predicted octanol–water partition coefficient (Wildman–Crippen LogP) is 7.71. The third-order valence-electron chi connectivity index (χ3n) is 3.52. The first-order chi connectivity index (χ1) is 11.9. The van der Waals surface area contributed by atoms with Crippen molar-refractivity contribution in [3.8, 4) is 0 Å². The molecule has 4 heterocycles. The second-order valence-electron chi connectivity index (χ2n) is 5.10. The van der Waals surface area contributed by atoms with Crippen LogP contribution in [0.1, 0.15) is 19.5 Å². The average Bonchev–Trinajstić information content (AvgIpc) is 3.41. The highest BCUT2D eigenvalue weighted by Gasteiger charge is 2.14. The molecule has 0 saturated heterocycles. The highest BCUT2D eigenvalue weighted by molar-refractivity contribution is 7.13. The highest BCUT2D eigenvalue weighted by atomic mass is 32.1. The lowest BCUT2D eigenvalue weighted by atomic mass is 10.0. The standard InChI is InChI=1S/C20H14S4/c1-5-15(21-9-1)13-17(19-7-3-11-23-19)18(20-8-4-12-24-20)14-16-6-2-10-22-16/h1-14H. The molecule has 0 nitrogen and oxygen atoms in total. The van der Waals surface area contributed by atoms with Gasteiger partial charge in [-0.3, -0.25) is 0 Å². The lowest BCUT2D eigenvalue weighted by Crippen LogP contribution is -1.86. The van der Waals surface area contributed by atoms with Crippen LogP contribution in [0.25, 0.3) is 23.3 Å². The Labute approximate surface area is 157 Å². The molecule has 0 saturated carbocycles. The van der Waals surface area contributed by atoms with Gasteiger partial charge in [0.15, 0.2) is 0 Å². The van der Waals surface area contributed by atoms with E-state index in [1.165, 1.54) is 30.7 Å². The van der Waals surface area contributed by atoms with Crippen LogP contribution in [0.4, 0.5) is 0 Å².